The van der Waals surface area contributed by atoms with Gasteiger partial charge in [-0.1, -0.05) is 0 Å². The monoisotopic (exact) mass is 238 g/mol. The summed E-state index contributed by atoms with van der Waals surface area (Å²) in [6, 6.07) is 0.357. The third-order valence-corrected chi connectivity index (χ3v) is 4.67. The van der Waals surface area contributed by atoms with E-state index in [9.17, 15) is 4.79 Å². The lowest BCUT2D eigenvalue weighted by Gasteiger charge is -2.26. The molecule has 2 heterocycles. The average molecular weight is 238 g/mol. The second kappa shape index (κ2) is 4.58. The van der Waals surface area contributed by atoms with Crippen molar-refractivity contribution in [2.24, 2.45) is 11.3 Å². The van der Waals surface area contributed by atoms with Gasteiger partial charge in [0.05, 0.1) is 0 Å². The van der Waals surface area contributed by atoms with Crippen LogP contribution in [0.25, 0.3) is 0 Å². The first-order chi connectivity index (χ1) is 8.30. The van der Waals surface area contributed by atoms with Crippen molar-refractivity contribution < 1.29 is 9.53 Å². The van der Waals surface area contributed by atoms with E-state index in [-0.39, 0.29) is 0 Å². The van der Waals surface area contributed by atoms with Crippen LogP contribution in [-0.4, -0.2) is 38.3 Å². The molecule has 0 aromatic carbocycles. The van der Waals surface area contributed by atoms with Crippen LogP contribution in [0.2, 0.25) is 0 Å². The molecule has 1 saturated carbocycles. The van der Waals surface area contributed by atoms with E-state index in [2.05, 4.69) is 10.6 Å². The minimum Gasteiger partial charge on any atom is -0.381 e. The van der Waals surface area contributed by atoms with Gasteiger partial charge in [-0.15, -0.1) is 0 Å². The van der Waals surface area contributed by atoms with Crippen LogP contribution in [0.4, 0.5) is 0 Å². The molecule has 1 aliphatic carbocycles. The Balaban J connectivity index is 1.50. The molecular formula is C13H22N2O2. The third-order valence-electron chi connectivity index (χ3n) is 4.67. The highest BCUT2D eigenvalue weighted by Gasteiger charge is 2.57. The summed E-state index contributed by atoms with van der Waals surface area (Å²) in [6.07, 6.45) is 5.43. The summed E-state index contributed by atoms with van der Waals surface area (Å²) in [5.41, 5.74) is 0.362. The molecule has 1 atom stereocenters. The van der Waals surface area contributed by atoms with Crippen LogP contribution in [-0.2, 0) is 9.53 Å². The number of carbonyl (C=O) groups is 1. The minimum absolute atomic E-state index is 0.299. The summed E-state index contributed by atoms with van der Waals surface area (Å²) in [6.45, 7) is 3.76. The predicted molar refractivity (Wildman–Crippen MR) is 64.6 cm³/mol. The highest BCUT2D eigenvalue weighted by Crippen LogP contribution is 2.58. The molecule has 3 rings (SSSR count). The molecule has 3 fully saturated rings. The Labute approximate surface area is 102 Å². The Morgan fingerprint density at radius 3 is 2.65 bits per heavy atom. The van der Waals surface area contributed by atoms with Gasteiger partial charge in [0.1, 0.15) is 0 Å². The van der Waals surface area contributed by atoms with E-state index in [1.165, 1.54) is 12.8 Å². The summed E-state index contributed by atoms with van der Waals surface area (Å²) in [4.78, 5) is 12.2. The topological polar surface area (TPSA) is 50.4 Å². The first-order valence-corrected chi connectivity index (χ1v) is 6.89. The third kappa shape index (κ3) is 2.33. The summed E-state index contributed by atoms with van der Waals surface area (Å²) in [5.74, 6) is 0.603. The summed E-state index contributed by atoms with van der Waals surface area (Å²) in [5, 5.41) is 6.59. The van der Waals surface area contributed by atoms with E-state index in [4.69, 9.17) is 4.74 Å². The van der Waals surface area contributed by atoms with Gasteiger partial charge in [0.25, 0.3) is 0 Å². The second-order valence-electron chi connectivity index (χ2n) is 5.76. The van der Waals surface area contributed by atoms with Crippen molar-refractivity contribution in [2.75, 3.05) is 26.3 Å². The van der Waals surface area contributed by atoms with Crippen LogP contribution in [0.3, 0.4) is 0 Å². The maximum Gasteiger partial charge on any atom is 0.223 e. The average Bonchev–Trinajstić information content (AvgIpc) is 3.05. The predicted octanol–water partition coefficient (Wildman–Crippen LogP) is 0.671. The lowest BCUT2D eigenvalue weighted by molar-refractivity contribution is -0.124. The van der Waals surface area contributed by atoms with Crippen LogP contribution < -0.4 is 10.6 Å². The van der Waals surface area contributed by atoms with Crippen molar-refractivity contribution in [1.82, 2.24) is 10.6 Å². The van der Waals surface area contributed by atoms with Crippen LogP contribution in [0.5, 0.6) is 0 Å². The zero-order valence-corrected chi connectivity index (χ0v) is 10.3. The number of hydrogen-bond donors (Lipinski definition) is 2. The SMILES string of the molecule is O=C(NC1CCOCC1)C1CC12CCNCC2. The first-order valence-electron chi connectivity index (χ1n) is 6.89. The number of ether oxygens (including phenoxy) is 1. The van der Waals surface area contributed by atoms with Crippen LogP contribution in [0, 0.1) is 11.3 Å². The Kier molecular flexibility index (Phi) is 3.09. The van der Waals surface area contributed by atoms with Crippen molar-refractivity contribution in [3.05, 3.63) is 0 Å². The van der Waals surface area contributed by atoms with Crippen molar-refractivity contribution in [2.45, 2.75) is 38.1 Å². The van der Waals surface area contributed by atoms with E-state index in [0.29, 0.717) is 23.3 Å². The van der Waals surface area contributed by atoms with E-state index >= 15 is 0 Å². The minimum atomic E-state index is 0.299. The number of carbonyl (C=O) groups excluding carboxylic acids is 1. The lowest BCUT2D eigenvalue weighted by atomic mass is 9.91. The molecule has 4 heteroatoms. The van der Waals surface area contributed by atoms with Crippen LogP contribution in [0.1, 0.15) is 32.1 Å². The van der Waals surface area contributed by atoms with Gasteiger partial charge < -0.3 is 15.4 Å². The zero-order valence-electron chi connectivity index (χ0n) is 10.3. The molecular weight excluding hydrogens is 216 g/mol. The van der Waals surface area contributed by atoms with E-state index in [1.807, 2.05) is 0 Å². The van der Waals surface area contributed by atoms with E-state index < -0.39 is 0 Å². The maximum atomic E-state index is 12.2. The largest absolute Gasteiger partial charge is 0.381 e. The van der Waals surface area contributed by atoms with Gasteiger partial charge in [-0.2, -0.15) is 0 Å². The summed E-state index contributed by atoms with van der Waals surface area (Å²) in [7, 11) is 0. The van der Waals surface area contributed by atoms with Gasteiger partial charge in [0.2, 0.25) is 5.91 Å². The van der Waals surface area contributed by atoms with E-state index in [1.54, 1.807) is 0 Å². The fraction of sp³-hybridized carbons (Fsp3) is 0.923. The Hall–Kier alpha value is -0.610. The van der Waals surface area contributed by atoms with Gasteiger partial charge in [-0.25, -0.2) is 0 Å². The number of piperidine rings is 1. The molecule has 96 valence electrons. The number of hydrogen-bond acceptors (Lipinski definition) is 3. The number of amides is 1. The molecule has 2 N–H and O–H groups in total. The highest BCUT2D eigenvalue weighted by molar-refractivity contribution is 5.82. The van der Waals surface area contributed by atoms with Crippen LogP contribution in [0.15, 0.2) is 0 Å². The van der Waals surface area contributed by atoms with Crippen molar-refractivity contribution in [1.29, 1.82) is 0 Å². The molecule has 17 heavy (non-hydrogen) atoms. The van der Waals surface area contributed by atoms with Gasteiger partial charge in [0, 0.05) is 25.2 Å². The molecule has 0 aromatic heterocycles. The zero-order chi connectivity index (χ0) is 11.7. The molecule has 1 spiro atoms. The molecule has 1 amide bonds. The normalized spacial score (nSPS) is 32.4. The fourth-order valence-electron chi connectivity index (χ4n) is 3.34. The second-order valence-corrected chi connectivity index (χ2v) is 5.76. The van der Waals surface area contributed by atoms with Gasteiger partial charge >= 0.3 is 0 Å². The smallest absolute Gasteiger partial charge is 0.223 e. The number of rotatable bonds is 2. The Morgan fingerprint density at radius 2 is 1.94 bits per heavy atom. The Morgan fingerprint density at radius 1 is 1.24 bits per heavy atom. The highest BCUT2D eigenvalue weighted by atomic mass is 16.5. The van der Waals surface area contributed by atoms with Crippen LogP contribution >= 0.6 is 0 Å². The molecule has 1 unspecified atom stereocenters. The fourth-order valence-corrected chi connectivity index (χ4v) is 3.34. The van der Waals surface area contributed by atoms with Gasteiger partial charge in [-0.3, -0.25) is 4.79 Å². The quantitative estimate of drug-likeness (QED) is 0.743. The summed E-state index contributed by atoms with van der Waals surface area (Å²) >= 11 is 0. The standard InChI is InChI=1S/C13H22N2O2/c16-12(15-10-1-7-17-8-2-10)11-9-13(11)3-5-14-6-4-13/h10-11,14H,1-9H2,(H,15,16). The van der Waals surface area contributed by atoms with E-state index in [0.717, 1.165) is 45.6 Å². The molecule has 0 bridgehead atoms. The number of nitrogens with one attached hydrogen (secondary N) is 2. The molecule has 0 radical (unpaired) electrons. The van der Waals surface area contributed by atoms with Gasteiger partial charge in [0.15, 0.2) is 0 Å². The van der Waals surface area contributed by atoms with Gasteiger partial charge in [-0.05, 0) is 50.6 Å². The Bertz CT molecular complexity index is 294. The maximum absolute atomic E-state index is 12.2. The first kappa shape index (κ1) is 11.5. The lowest BCUT2D eigenvalue weighted by Crippen LogP contribution is -2.41. The molecule has 4 nitrogen and oxygen atoms in total. The molecule has 2 aliphatic heterocycles. The van der Waals surface area contributed by atoms with Crippen molar-refractivity contribution >= 4 is 5.91 Å². The van der Waals surface area contributed by atoms with Crippen molar-refractivity contribution in [3.8, 4) is 0 Å². The molecule has 3 aliphatic rings. The molecule has 2 saturated heterocycles. The van der Waals surface area contributed by atoms with Crippen molar-refractivity contribution in [3.63, 3.8) is 0 Å². The summed E-state index contributed by atoms with van der Waals surface area (Å²) < 4.78 is 5.31. The molecule has 0 aromatic rings.